The van der Waals surface area contributed by atoms with Crippen LogP contribution in [0.15, 0.2) is 24.3 Å². The maximum Gasteiger partial charge on any atom is 0.0984 e. The molecule has 2 aromatic rings. The maximum absolute atomic E-state index is 5.79. The lowest BCUT2D eigenvalue weighted by Crippen LogP contribution is -2.17. The summed E-state index contributed by atoms with van der Waals surface area (Å²) in [7, 11) is 0. The van der Waals surface area contributed by atoms with Crippen molar-refractivity contribution in [2.45, 2.75) is 19.8 Å². The molecule has 2 rings (SSSR count). The molecule has 0 amide bonds. The van der Waals surface area contributed by atoms with Crippen LogP contribution in [0.2, 0.25) is 0 Å². The third-order valence-electron chi connectivity index (χ3n) is 2.69. The number of aromatic nitrogens is 1. The zero-order chi connectivity index (χ0) is 10.8. The van der Waals surface area contributed by atoms with E-state index < -0.39 is 0 Å². The molecule has 1 atom stereocenters. The van der Waals surface area contributed by atoms with E-state index in [0.717, 1.165) is 5.52 Å². The van der Waals surface area contributed by atoms with Gasteiger partial charge in [0.15, 0.2) is 0 Å². The van der Waals surface area contributed by atoms with Crippen molar-refractivity contribution in [3.05, 3.63) is 29.3 Å². The number of hydrogen-bond acceptors (Lipinski definition) is 3. The molecule has 1 unspecified atom stereocenters. The molecule has 80 valence electrons. The van der Waals surface area contributed by atoms with Crippen LogP contribution >= 0.6 is 11.3 Å². The molecule has 3 heteroatoms. The van der Waals surface area contributed by atoms with Gasteiger partial charge in [-0.25, -0.2) is 4.98 Å². The van der Waals surface area contributed by atoms with Crippen molar-refractivity contribution in [1.82, 2.24) is 4.98 Å². The summed E-state index contributed by atoms with van der Waals surface area (Å²) in [6.07, 6.45) is 0. The molecule has 0 fully saturated rings. The van der Waals surface area contributed by atoms with Crippen LogP contribution in [-0.4, -0.2) is 11.5 Å². The molecule has 0 aliphatic carbocycles. The fourth-order valence-electron chi connectivity index (χ4n) is 1.71. The van der Waals surface area contributed by atoms with Crippen molar-refractivity contribution in [3.63, 3.8) is 0 Å². The molecule has 0 bridgehead atoms. The summed E-state index contributed by atoms with van der Waals surface area (Å²) in [5.74, 6) is 0.943. The van der Waals surface area contributed by atoms with Crippen LogP contribution in [0.25, 0.3) is 10.2 Å². The number of para-hydroxylation sites is 1. The van der Waals surface area contributed by atoms with Crippen molar-refractivity contribution in [2.75, 3.05) is 6.54 Å². The average molecular weight is 220 g/mol. The van der Waals surface area contributed by atoms with E-state index in [1.54, 1.807) is 11.3 Å². The number of benzene rings is 1. The van der Waals surface area contributed by atoms with E-state index in [1.807, 2.05) is 6.07 Å². The van der Waals surface area contributed by atoms with Gasteiger partial charge in [-0.05, 0) is 18.1 Å². The van der Waals surface area contributed by atoms with Gasteiger partial charge < -0.3 is 5.73 Å². The second kappa shape index (κ2) is 4.29. The Labute approximate surface area is 94.1 Å². The number of fused-ring (bicyclic) bond motifs is 1. The van der Waals surface area contributed by atoms with Crippen LogP contribution in [0.1, 0.15) is 24.8 Å². The predicted octanol–water partition coefficient (Wildman–Crippen LogP) is 2.99. The Morgan fingerprint density at radius 3 is 2.67 bits per heavy atom. The minimum absolute atomic E-state index is 0.391. The lowest BCUT2D eigenvalue weighted by Gasteiger charge is -2.15. The van der Waals surface area contributed by atoms with Crippen molar-refractivity contribution in [1.29, 1.82) is 0 Å². The quantitative estimate of drug-likeness (QED) is 0.863. The largest absolute Gasteiger partial charge is 0.330 e. The Morgan fingerprint density at radius 2 is 2.07 bits per heavy atom. The average Bonchev–Trinajstić information content (AvgIpc) is 2.61. The summed E-state index contributed by atoms with van der Waals surface area (Å²) in [6, 6.07) is 8.25. The molecule has 0 saturated carbocycles. The topological polar surface area (TPSA) is 38.9 Å². The third kappa shape index (κ3) is 2.03. The van der Waals surface area contributed by atoms with E-state index in [2.05, 4.69) is 37.0 Å². The number of rotatable bonds is 3. The van der Waals surface area contributed by atoms with E-state index in [9.17, 15) is 0 Å². The van der Waals surface area contributed by atoms with Crippen molar-refractivity contribution < 1.29 is 0 Å². The molecule has 0 saturated heterocycles. The van der Waals surface area contributed by atoms with Gasteiger partial charge in [0.25, 0.3) is 0 Å². The summed E-state index contributed by atoms with van der Waals surface area (Å²) >= 11 is 1.77. The molecule has 0 aliphatic rings. The van der Waals surface area contributed by atoms with E-state index >= 15 is 0 Å². The van der Waals surface area contributed by atoms with Gasteiger partial charge in [-0.15, -0.1) is 11.3 Å². The zero-order valence-corrected chi connectivity index (χ0v) is 9.92. The van der Waals surface area contributed by atoms with Crippen LogP contribution < -0.4 is 5.73 Å². The first-order chi connectivity index (χ1) is 7.22. The normalized spacial score (nSPS) is 13.6. The molecule has 0 radical (unpaired) electrons. The van der Waals surface area contributed by atoms with E-state index in [0.29, 0.717) is 18.4 Å². The molecular formula is C12H16N2S. The predicted molar refractivity (Wildman–Crippen MR) is 66.3 cm³/mol. The zero-order valence-electron chi connectivity index (χ0n) is 9.10. The van der Waals surface area contributed by atoms with Gasteiger partial charge in [-0.1, -0.05) is 26.0 Å². The molecular weight excluding hydrogens is 204 g/mol. The number of nitrogens with two attached hydrogens (primary N) is 1. The highest BCUT2D eigenvalue weighted by molar-refractivity contribution is 7.18. The summed E-state index contributed by atoms with van der Waals surface area (Å²) in [4.78, 5) is 4.64. The molecule has 1 aromatic heterocycles. The minimum atomic E-state index is 0.391. The fraction of sp³-hybridized carbons (Fsp3) is 0.417. The first-order valence-corrected chi connectivity index (χ1v) is 6.09. The van der Waals surface area contributed by atoms with Gasteiger partial charge in [0.2, 0.25) is 0 Å². The highest BCUT2D eigenvalue weighted by Gasteiger charge is 2.17. The Morgan fingerprint density at radius 1 is 1.33 bits per heavy atom. The molecule has 1 aromatic carbocycles. The summed E-state index contributed by atoms with van der Waals surface area (Å²) in [5.41, 5.74) is 6.89. The molecule has 2 nitrogen and oxygen atoms in total. The first-order valence-electron chi connectivity index (χ1n) is 5.28. The highest BCUT2D eigenvalue weighted by atomic mass is 32.1. The Balaban J connectivity index is 2.43. The molecule has 2 N–H and O–H groups in total. The second-order valence-corrected chi connectivity index (χ2v) is 5.17. The van der Waals surface area contributed by atoms with E-state index in [4.69, 9.17) is 5.73 Å². The standard InChI is InChI=1S/C12H16N2S/c1-8(2)9(7-13)12-14-10-5-3-4-6-11(10)15-12/h3-6,8-9H,7,13H2,1-2H3. The van der Waals surface area contributed by atoms with E-state index in [1.165, 1.54) is 9.71 Å². The SMILES string of the molecule is CC(C)C(CN)c1nc2ccccc2s1. The number of thiazole rings is 1. The molecule has 15 heavy (non-hydrogen) atoms. The van der Waals surface area contributed by atoms with Gasteiger partial charge in [0, 0.05) is 12.5 Å². The molecule has 1 heterocycles. The summed E-state index contributed by atoms with van der Waals surface area (Å²) in [5, 5.41) is 1.17. The summed E-state index contributed by atoms with van der Waals surface area (Å²) in [6.45, 7) is 5.07. The van der Waals surface area contributed by atoms with Crippen LogP contribution in [0.4, 0.5) is 0 Å². The van der Waals surface area contributed by atoms with Crippen LogP contribution in [0.5, 0.6) is 0 Å². The fourth-order valence-corrected chi connectivity index (χ4v) is 2.96. The van der Waals surface area contributed by atoms with Gasteiger partial charge in [-0.3, -0.25) is 0 Å². The minimum Gasteiger partial charge on any atom is -0.330 e. The Kier molecular flexibility index (Phi) is 3.03. The lowest BCUT2D eigenvalue weighted by atomic mass is 9.97. The van der Waals surface area contributed by atoms with Crippen molar-refractivity contribution >= 4 is 21.6 Å². The van der Waals surface area contributed by atoms with Crippen LogP contribution in [-0.2, 0) is 0 Å². The van der Waals surface area contributed by atoms with Crippen molar-refractivity contribution in [3.8, 4) is 0 Å². The number of nitrogens with zero attached hydrogens (tertiary/aromatic N) is 1. The van der Waals surface area contributed by atoms with E-state index in [-0.39, 0.29) is 0 Å². The summed E-state index contributed by atoms with van der Waals surface area (Å²) < 4.78 is 1.26. The third-order valence-corrected chi connectivity index (χ3v) is 3.85. The van der Waals surface area contributed by atoms with Gasteiger partial charge in [0.1, 0.15) is 0 Å². The van der Waals surface area contributed by atoms with Gasteiger partial charge >= 0.3 is 0 Å². The smallest absolute Gasteiger partial charge is 0.0984 e. The van der Waals surface area contributed by atoms with Gasteiger partial charge in [0.05, 0.1) is 15.2 Å². The second-order valence-electron chi connectivity index (χ2n) is 4.11. The maximum atomic E-state index is 5.79. The van der Waals surface area contributed by atoms with Crippen molar-refractivity contribution in [2.24, 2.45) is 11.7 Å². The van der Waals surface area contributed by atoms with Gasteiger partial charge in [-0.2, -0.15) is 0 Å². The molecule has 0 spiro atoms. The lowest BCUT2D eigenvalue weighted by molar-refractivity contribution is 0.505. The highest BCUT2D eigenvalue weighted by Crippen LogP contribution is 2.30. The Bertz CT molecular complexity index is 415. The number of hydrogen-bond donors (Lipinski definition) is 1. The van der Waals surface area contributed by atoms with Crippen LogP contribution in [0.3, 0.4) is 0 Å². The Hall–Kier alpha value is -0.930. The first kappa shape index (κ1) is 10.6. The molecule has 0 aliphatic heterocycles. The monoisotopic (exact) mass is 220 g/mol. The van der Waals surface area contributed by atoms with Crippen LogP contribution in [0, 0.1) is 5.92 Å².